The molecule has 0 saturated heterocycles. The van der Waals surface area contributed by atoms with Gasteiger partial charge in [-0.15, -0.1) is 0 Å². The number of hydrogen-bond donors (Lipinski definition) is 1. The Bertz CT molecular complexity index is 847. The van der Waals surface area contributed by atoms with E-state index in [9.17, 15) is 4.79 Å². The van der Waals surface area contributed by atoms with Crippen LogP contribution in [0.15, 0.2) is 54.6 Å². The zero-order chi connectivity index (χ0) is 15.7. The van der Waals surface area contributed by atoms with Gasteiger partial charge in [-0.3, -0.25) is 4.79 Å². The Hall–Kier alpha value is -1.88. The first kappa shape index (κ1) is 15.0. The fourth-order valence-electron chi connectivity index (χ4n) is 2.55. The Balaban J connectivity index is 1.90. The molecule has 0 aliphatic carbocycles. The summed E-state index contributed by atoms with van der Waals surface area (Å²) in [7, 11) is 0. The van der Waals surface area contributed by atoms with Crippen LogP contribution in [0.1, 0.15) is 21.5 Å². The molecule has 3 aromatic rings. The predicted molar refractivity (Wildman–Crippen MR) is 101 cm³/mol. The Labute approximate surface area is 143 Å². The highest BCUT2D eigenvalue weighted by Crippen LogP contribution is 2.22. The van der Waals surface area contributed by atoms with Crippen LogP contribution in [-0.2, 0) is 0 Å². The van der Waals surface area contributed by atoms with Crippen LogP contribution in [0.5, 0.6) is 0 Å². The van der Waals surface area contributed by atoms with Crippen LogP contribution in [0.2, 0.25) is 0 Å². The van der Waals surface area contributed by atoms with Gasteiger partial charge in [-0.2, -0.15) is 0 Å². The Kier molecular flexibility index (Phi) is 4.16. The number of aryl methyl sites for hydroxylation is 2. The molecule has 0 spiro atoms. The Morgan fingerprint density at radius 3 is 2.23 bits per heavy atom. The molecule has 1 amide bonds. The molecule has 0 aliphatic heterocycles. The number of nitrogens with one attached hydrogen (secondary N) is 1. The highest BCUT2D eigenvalue weighted by molar-refractivity contribution is 14.1. The number of hydrogen-bond acceptors (Lipinski definition) is 1. The highest BCUT2D eigenvalue weighted by Gasteiger charge is 2.09. The zero-order valence-corrected chi connectivity index (χ0v) is 14.6. The minimum absolute atomic E-state index is 0.0780. The summed E-state index contributed by atoms with van der Waals surface area (Å²) in [6.45, 7) is 4.11. The average Bonchev–Trinajstić information content (AvgIpc) is 2.52. The van der Waals surface area contributed by atoms with E-state index < -0.39 is 0 Å². The fourth-order valence-corrected chi connectivity index (χ4v) is 2.86. The first-order valence-corrected chi connectivity index (χ1v) is 8.19. The van der Waals surface area contributed by atoms with Gasteiger partial charge < -0.3 is 5.32 Å². The summed E-state index contributed by atoms with van der Waals surface area (Å²) in [5, 5.41) is 5.20. The van der Waals surface area contributed by atoms with Crippen LogP contribution in [-0.4, -0.2) is 5.91 Å². The lowest BCUT2D eigenvalue weighted by atomic mass is 10.1. The Morgan fingerprint density at radius 2 is 1.55 bits per heavy atom. The number of carbonyl (C=O) groups excluding carboxylic acids is 1. The number of fused-ring (bicyclic) bond motifs is 1. The van der Waals surface area contributed by atoms with Crippen LogP contribution < -0.4 is 5.32 Å². The molecule has 0 saturated carbocycles. The average molecular weight is 401 g/mol. The molecular formula is C19H16INO. The molecule has 3 heteroatoms. The maximum atomic E-state index is 12.5. The maximum Gasteiger partial charge on any atom is 0.255 e. The number of halogens is 1. The topological polar surface area (TPSA) is 29.1 Å². The second-order valence-electron chi connectivity index (χ2n) is 5.44. The third kappa shape index (κ3) is 2.99. The first-order valence-electron chi connectivity index (χ1n) is 7.11. The van der Waals surface area contributed by atoms with E-state index in [1.165, 1.54) is 14.7 Å². The molecular weight excluding hydrogens is 385 g/mol. The van der Waals surface area contributed by atoms with Crippen molar-refractivity contribution in [1.82, 2.24) is 0 Å². The van der Waals surface area contributed by atoms with Gasteiger partial charge in [-0.1, -0.05) is 30.3 Å². The minimum atomic E-state index is -0.0780. The summed E-state index contributed by atoms with van der Waals surface area (Å²) in [4.78, 5) is 12.5. The summed E-state index contributed by atoms with van der Waals surface area (Å²) >= 11 is 2.33. The van der Waals surface area contributed by atoms with Crippen LogP contribution in [0.25, 0.3) is 10.8 Å². The van der Waals surface area contributed by atoms with Crippen LogP contribution >= 0.6 is 22.6 Å². The quantitative estimate of drug-likeness (QED) is 0.579. The first-order chi connectivity index (χ1) is 10.5. The highest BCUT2D eigenvalue weighted by atomic mass is 127. The van der Waals surface area contributed by atoms with Crippen LogP contribution in [0, 0.1) is 17.4 Å². The van der Waals surface area contributed by atoms with Gasteiger partial charge in [-0.05, 0) is 82.6 Å². The number of rotatable bonds is 2. The van der Waals surface area contributed by atoms with Crippen LogP contribution in [0.4, 0.5) is 5.69 Å². The summed E-state index contributed by atoms with van der Waals surface area (Å²) in [5.41, 5.74) is 3.87. The smallest absolute Gasteiger partial charge is 0.255 e. The summed E-state index contributed by atoms with van der Waals surface area (Å²) in [6, 6.07) is 17.8. The Morgan fingerprint density at radius 1 is 0.909 bits per heavy atom. The van der Waals surface area contributed by atoms with Gasteiger partial charge in [0.1, 0.15) is 0 Å². The molecule has 110 valence electrons. The van der Waals surface area contributed by atoms with Gasteiger partial charge in [-0.25, -0.2) is 0 Å². The van der Waals surface area contributed by atoms with E-state index in [1.807, 2.05) is 54.6 Å². The van der Waals surface area contributed by atoms with Gasteiger partial charge in [0, 0.05) is 14.8 Å². The molecule has 3 rings (SSSR count). The van der Waals surface area contributed by atoms with E-state index in [1.54, 1.807) is 0 Å². The van der Waals surface area contributed by atoms with E-state index in [0.717, 1.165) is 16.5 Å². The third-order valence-electron chi connectivity index (χ3n) is 3.71. The van der Waals surface area contributed by atoms with Crippen molar-refractivity contribution in [3.63, 3.8) is 0 Å². The van der Waals surface area contributed by atoms with Gasteiger partial charge in [0.2, 0.25) is 0 Å². The van der Waals surface area contributed by atoms with Crippen molar-refractivity contribution >= 4 is 45.0 Å². The van der Waals surface area contributed by atoms with Crippen molar-refractivity contribution < 1.29 is 4.79 Å². The SMILES string of the molecule is Cc1cc(NC(=O)c2ccc3ccccc3c2)cc(C)c1I. The lowest BCUT2D eigenvalue weighted by molar-refractivity contribution is 0.102. The zero-order valence-electron chi connectivity index (χ0n) is 12.5. The molecule has 0 fully saturated rings. The maximum absolute atomic E-state index is 12.5. The van der Waals surface area contributed by atoms with Gasteiger partial charge in [0.05, 0.1) is 0 Å². The second-order valence-corrected chi connectivity index (χ2v) is 6.52. The molecule has 0 aromatic heterocycles. The molecule has 0 unspecified atom stereocenters. The number of amides is 1. The number of anilines is 1. The summed E-state index contributed by atoms with van der Waals surface area (Å²) in [5.74, 6) is -0.0780. The monoisotopic (exact) mass is 401 g/mol. The van der Waals surface area contributed by atoms with Crippen molar-refractivity contribution in [1.29, 1.82) is 0 Å². The predicted octanol–water partition coefficient (Wildman–Crippen LogP) is 5.31. The molecule has 0 bridgehead atoms. The van der Waals surface area contributed by atoms with Crippen molar-refractivity contribution in [2.75, 3.05) is 5.32 Å². The van der Waals surface area contributed by atoms with Gasteiger partial charge in [0.25, 0.3) is 5.91 Å². The number of carbonyl (C=O) groups is 1. The van der Waals surface area contributed by atoms with Crippen molar-refractivity contribution in [2.45, 2.75) is 13.8 Å². The number of benzene rings is 3. The summed E-state index contributed by atoms with van der Waals surface area (Å²) in [6.07, 6.45) is 0. The molecule has 22 heavy (non-hydrogen) atoms. The molecule has 0 atom stereocenters. The second kappa shape index (κ2) is 6.08. The fraction of sp³-hybridized carbons (Fsp3) is 0.105. The van der Waals surface area contributed by atoms with Crippen molar-refractivity contribution in [3.8, 4) is 0 Å². The lowest BCUT2D eigenvalue weighted by Crippen LogP contribution is -2.12. The van der Waals surface area contributed by atoms with Crippen molar-refractivity contribution in [2.24, 2.45) is 0 Å². The minimum Gasteiger partial charge on any atom is -0.322 e. The standard InChI is InChI=1S/C19H16INO/c1-12-9-17(10-13(2)18(12)20)21-19(22)16-8-7-14-5-3-4-6-15(14)11-16/h3-11H,1-2H3,(H,21,22). The van der Waals surface area contributed by atoms with E-state index in [2.05, 4.69) is 41.8 Å². The molecule has 0 radical (unpaired) electrons. The largest absolute Gasteiger partial charge is 0.322 e. The van der Waals surface area contributed by atoms with Gasteiger partial charge in [0.15, 0.2) is 0 Å². The molecule has 0 aliphatic rings. The normalized spacial score (nSPS) is 10.7. The van der Waals surface area contributed by atoms with Crippen LogP contribution in [0.3, 0.4) is 0 Å². The molecule has 2 nitrogen and oxygen atoms in total. The van der Waals surface area contributed by atoms with E-state index in [0.29, 0.717) is 5.56 Å². The van der Waals surface area contributed by atoms with Crippen molar-refractivity contribution in [3.05, 3.63) is 74.9 Å². The lowest BCUT2D eigenvalue weighted by Gasteiger charge is -2.10. The molecule has 1 N–H and O–H groups in total. The summed E-state index contributed by atoms with van der Waals surface area (Å²) < 4.78 is 1.24. The third-order valence-corrected chi connectivity index (χ3v) is 5.41. The van der Waals surface area contributed by atoms with E-state index >= 15 is 0 Å². The van der Waals surface area contributed by atoms with Gasteiger partial charge >= 0.3 is 0 Å². The molecule has 0 heterocycles. The van der Waals surface area contributed by atoms with E-state index in [4.69, 9.17) is 0 Å². The molecule has 3 aromatic carbocycles. The van der Waals surface area contributed by atoms with E-state index in [-0.39, 0.29) is 5.91 Å².